The minimum Gasteiger partial charge on any atom is -0.362 e. The van der Waals surface area contributed by atoms with E-state index in [2.05, 4.69) is 55.9 Å². The fourth-order valence-corrected chi connectivity index (χ4v) is 5.56. The summed E-state index contributed by atoms with van der Waals surface area (Å²) < 4.78 is 0. The van der Waals surface area contributed by atoms with Gasteiger partial charge in [-0.1, -0.05) is 87.0 Å². The van der Waals surface area contributed by atoms with Gasteiger partial charge >= 0.3 is 0 Å². The predicted molar refractivity (Wildman–Crippen MR) is 145 cm³/mol. The molecule has 4 rings (SSSR count). The van der Waals surface area contributed by atoms with Crippen molar-refractivity contribution >= 4 is 11.5 Å². The van der Waals surface area contributed by atoms with Gasteiger partial charge in [-0.15, -0.1) is 0 Å². The lowest BCUT2D eigenvalue weighted by molar-refractivity contribution is 0.103. The van der Waals surface area contributed by atoms with Crippen LogP contribution in [0.15, 0.2) is 78.2 Å². The van der Waals surface area contributed by atoms with Gasteiger partial charge in [-0.05, 0) is 79.1 Å². The molecule has 35 heavy (non-hydrogen) atoms. The number of carbonyl (C=O) groups is 1. The summed E-state index contributed by atoms with van der Waals surface area (Å²) in [6.45, 7) is 14.0. The van der Waals surface area contributed by atoms with E-state index in [4.69, 9.17) is 4.84 Å². The smallest absolute Gasteiger partial charge is 0.193 e. The molecule has 1 aliphatic carbocycles. The first-order valence-corrected chi connectivity index (χ1v) is 12.6. The summed E-state index contributed by atoms with van der Waals surface area (Å²) in [5.74, 6) is 0.652. The van der Waals surface area contributed by atoms with Gasteiger partial charge in [0.15, 0.2) is 5.78 Å². The summed E-state index contributed by atoms with van der Waals surface area (Å²) in [5, 5.41) is 4.26. The minimum absolute atomic E-state index is 0.0874. The van der Waals surface area contributed by atoms with Crippen molar-refractivity contribution in [2.45, 2.75) is 65.7 Å². The number of ketones is 1. The molecule has 0 saturated heterocycles. The maximum Gasteiger partial charge on any atom is 0.193 e. The highest BCUT2D eigenvalue weighted by Gasteiger charge is 2.42. The Morgan fingerprint density at radius 1 is 0.886 bits per heavy atom. The lowest BCUT2D eigenvalue weighted by Gasteiger charge is -2.32. The molecule has 3 aromatic rings. The van der Waals surface area contributed by atoms with E-state index in [1.54, 1.807) is 6.92 Å². The van der Waals surface area contributed by atoms with Crippen molar-refractivity contribution in [2.75, 3.05) is 0 Å². The topological polar surface area (TPSA) is 38.7 Å². The van der Waals surface area contributed by atoms with E-state index in [0.29, 0.717) is 5.76 Å². The van der Waals surface area contributed by atoms with Crippen LogP contribution in [0.3, 0.4) is 0 Å². The molecule has 0 aliphatic heterocycles. The Kier molecular flexibility index (Phi) is 7.07. The number of rotatable bonds is 9. The summed E-state index contributed by atoms with van der Waals surface area (Å²) in [7, 11) is 0. The van der Waals surface area contributed by atoms with E-state index in [9.17, 15) is 4.79 Å². The Hall–Kier alpha value is -3.46. The van der Waals surface area contributed by atoms with Crippen LogP contribution < -0.4 is 0 Å². The number of fused-ring (bicyclic) bond motifs is 3. The molecule has 0 radical (unpaired) electrons. The van der Waals surface area contributed by atoms with Crippen LogP contribution in [0.4, 0.5) is 0 Å². The molecule has 0 N–H and O–H groups in total. The van der Waals surface area contributed by atoms with Gasteiger partial charge in [0.05, 0.1) is 5.71 Å². The molecule has 0 heterocycles. The molecule has 0 fully saturated rings. The minimum atomic E-state index is -0.123. The zero-order chi connectivity index (χ0) is 25.2. The molecule has 0 atom stereocenters. The van der Waals surface area contributed by atoms with Crippen LogP contribution in [-0.2, 0) is 10.3 Å². The van der Waals surface area contributed by atoms with E-state index in [0.717, 1.165) is 53.6 Å². The van der Waals surface area contributed by atoms with E-state index in [1.807, 2.05) is 44.2 Å². The van der Waals surface area contributed by atoms with E-state index >= 15 is 0 Å². The van der Waals surface area contributed by atoms with Crippen molar-refractivity contribution in [3.63, 3.8) is 0 Å². The summed E-state index contributed by atoms with van der Waals surface area (Å²) in [6.07, 6.45) is 4.19. The number of aryl methyl sites for hydroxylation is 1. The van der Waals surface area contributed by atoms with Crippen LogP contribution in [0.25, 0.3) is 11.1 Å². The van der Waals surface area contributed by atoms with Gasteiger partial charge in [0, 0.05) is 16.5 Å². The maximum atomic E-state index is 13.5. The van der Waals surface area contributed by atoms with Gasteiger partial charge in [0.1, 0.15) is 5.76 Å². The highest BCUT2D eigenvalue weighted by molar-refractivity contribution is 6.10. The molecule has 0 amide bonds. The number of carbonyl (C=O) groups excluding carboxylic acids is 1. The molecule has 0 spiro atoms. The normalized spacial score (nSPS) is 13.8. The van der Waals surface area contributed by atoms with E-state index in [1.165, 1.54) is 22.3 Å². The summed E-state index contributed by atoms with van der Waals surface area (Å²) >= 11 is 0. The summed E-state index contributed by atoms with van der Waals surface area (Å²) in [5.41, 5.74) is 9.39. The number of benzene rings is 3. The molecular formula is C32H35NO2. The Morgan fingerprint density at radius 3 is 2.03 bits per heavy atom. The SMILES string of the molecule is C=C(C)O/N=C(/C)c1ccc2c(c1)C(CCC)(CCC)c1cc(C(=O)c3ccccc3C)ccc1-2. The third kappa shape index (κ3) is 4.48. The molecule has 0 aromatic heterocycles. The summed E-state index contributed by atoms with van der Waals surface area (Å²) in [4.78, 5) is 18.8. The highest BCUT2D eigenvalue weighted by atomic mass is 16.6. The van der Waals surface area contributed by atoms with Gasteiger partial charge < -0.3 is 4.84 Å². The highest BCUT2D eigenvalue weighted by Crippen LogP contribution is 2.54. The van der Waals surface area contributed by atoms with Gasteiger partial charge in [-0.2, -0.15) is 0 Å². The van der Waals surface area contributed by atoms with Crippen molar-refractivity contribution < 1.29 is 9.63 Å². The van der Waals surface area contributed by atoms with E-state index < -0.39 is 0 Å². The van der Waals surface area contributed by atoms with Gasteiger partial charge in [0.2, 0.25) is 0 Å². The fraction of sp³-hybridized carbons (Fsp3) is 0.312. The van der Waals surface area contributed by atoms with E-state index in [-0.39, 0.29) is 11.2 Å². The molecule has 3 nitrogen and oxygen atoms in total. The molecule has 3 heteroatoms. The van der Waals surface area contributed by atoms with Crippen LogP contribution in [0, 0.1) is 6.92 Å². The average molecular weight is 466 g/mol. The zero-order valence-corrected chi connectivity index (χ0v) is 21.6. The van der Waals surface area contributed by atoms with Gasteiger partial charge in [-0.25, -0.2) is 0 Å². The second-order valence-corrected chi connectivity index (χ2v) is 9.72. The Balaban J connectivity index is 1.87. The average Bonchev–Trinajstić information content (AvgIpc) is 3.11. The number of hydrogen-bond acceptors (Lipinski definition) is 3. The third-order valence-electron chi connectivity index (χ3n) is 7.12. The van der Waals surface area contributed by atoms with Gasteiger partial charge in [-0.3, -0.25) is 4.79 Å². The van der Waals surface area contributed by atoms with Gasteiger partial charge in [0.25, 0.3) is 0 Å². The fourth-order valence-electron chi connectivity index (χ4n) is 5.56. The van der Waals surface area contributed by atoms with Crippen molar-refractivity contribution in [1.82, 2.24) is 0 Å². The molecule has 0 bridgehead atoms. The van der Waals surface area contributed by atoms with Crippen molar-refractivity contribution in [2.24, 2.45) is 5.16 Å². The van der Waals surface area contributed by atoms with Crippen LogP contribution in [0.2, 0.25) is 0 Å². The maximum absolute atomic E-state index is 13.5. The Bertz CT molecular complexity index is 1310. The first-order valence-electron chi connectivity index (χ1n) is 12.6. The molecule has 180 valence electrons. The van der Waals surface area contributed by atoms with Crippen LogP contribution >= 0.6 is 0 Å². The second-order valence-electron chi connectivity index (χ2n) is 9.72. The second kappa shape index (κ2) is 10.0. The number of nitrogens with zero attached hydrogens (tertiary/aromatic N) is 1. The van der Waals surface area contributed by atoms with Crippen molar-refractivity contribution in [1.29, 1.82) is 0 Å². The van der Waals surface area contributed by atoms with Crippen LogP contribution in [0.1, 0.15) is 91.6 Å². The molecule has 0 saturated carbocycles. The summed E-state index contributed by atoms with van der Waals surface area (Å²) in [6, 6.07) is 20.7. The molecular weight excluding hydrogens is 430 g/mol. The first-order chi connectivity index (χ1) is 16.8. The van der Waals surface area contributed by atoms with Crippen LogP contribution in [-0.4, -0.2) is 11.5 Å². The zero-order valence-electron chi connectivity index (χ0n) is 21.6. The van der Waals surface area contributed by atoms with Crippen LogP contribution in [0.5, 0.6) is 0 Å². The lowest BCUT2D eigenvalue weighted by atomic mass is 9.71. The number of oxime groups is 1. The predicted octanol–water partition coefficient (Wildman–Crippen LogP) is 8.37. The monoisotopic (exact) mass is 465 g/mol. The third-order valence-corrected chi connectivity index (χ3v) is 7.12. The molecule has 3 aromatic carbocycles. The lowest BCUT2D eigenvalue weighted by Crippen LogP contribution is -2.25. The first kappa shape index (κ1) is 24.7. The standard InChI is InChI=1S/C32H35NO2/c1-7-17-32(18-8-2)29-19-24(23(6)33-35-21(3)4)13-15-27(29)28-16-14-25(20-30(28)32)31(34)26-12-10-9-11-22(26)5/h9-16,19-20H,3,7-8,17-18H2,1-2,4-6H3/b33-23-. The number of allylic oxidation sites excluding steroid dienone is 1. The van der Waals surface area contributed by atoms with Crippen molar-refractivity contribution in [3.05, 3.63) is 106 Å². The number of hydrogen-bond donors (Lipinski definition) is 0. The molecule has 0 unspecified atom stereocenters. The van der Waals surface area contributed by atoms with Crippen molar-refractivity contribution in [3.8, 4) is 11.1 Å². The largest absolute Gasteiger partial charge is 0.362 e. The quantitative estimate of drug-likeness (QED) is 0.138. The Morgan fingerprint density at radius 2 is 1.46 bits per heavy atom. The Labute approximate surface area is 209 Å². The molecule has 1 aliphatic rings.